The highest BCUT2D eigenvalue weighted by atomic mass is 16.5. The van der Waals surface area contributed by atoms with Crippen molar-refractivity contribution in [3.8, 4) is 0 Å². The summed E-state index contributed by atoms with van der Waals surface area (Å²) < 4.78 is 4.64. The second kappa shape index (κ2) is 6.92. The predicted octanol–water partition coefficient (Wildman–Crippen LogP) is -0.913. The number of ether oxygens (including phenoxy) is 1. The van der Waals surface area contributed by atoms with Gasteiger partial charge in [-0.1, -0.05) is 19.6 Å². The Morgan fingerprint density at radius 2 is 2.19 bits per heavy atom. The summed E-state index contributed by atoms with van der Waals surface area (Å²) in [6.45, 7) is 6.12. The van der Waals surface area contributed by atoms with Crippen molar-refractivity contribution in [2.75, 3.05) is 6.61 Å². The molecule has 0 spiro atoms. The molecule has 1 amide bonds. The summed E-state index contributed by atoms with van der Waals surface area (Å²) in [5.41, 5.74) is 8.06. The molecule has 1 fully saturated rings. The van der Waals surface area contributed by atoms with Crippen LogP contribution in [-0.2, 0) is 19.1 Å². The molecular weight excluding hydrogens is 278 g/mol. The van der Waals surface area contributed by atoms with Crippen LogP contribution in [0.25, 0.3) is 5.53 Å². The minimum Gasteiger partial charge on any atom is -0.453 e. The fourth-order valence-corrected chi connectivity index (χ4v) is 2.14. The van der Waals surface area contributed by atoms with E-state index in [4.69, 9.17) is 5.53 Å². The number of esters is 1. The Labute approximate surface area is 121 Å². The Kier molecular flexibility index (Phi) is 5.52. The Hall–Kier alpha value is -2.31. The van der Waals surface area contributed by atoms with Gasteiger partial charge in [-0.3, -0.25) is 9.59 Å². The number of aliphatic hydroxyl groups is 1. The third-order valence-corrected chi connectivity index (χ3v) is 3.33. The smallest absolute Gasteiger partial charge is 0.441 e. The van der Waals surface area contributed by atoms with Gasteiger partial charge in [0.25, 0.3) is 5.78 Å². The SMILES string of the molecule is C=CCOC(=O)C(=[N+]=[N-])C(=O)C(C)[C@H]1NC(=O)[C@@H]1[C@@H](C)O. The van der Waals surface area contributed by atoms with Crippen LogP contribution in [0.5, 0.6) is 0 Å². The molecule has 114 valence electrons. The molecule has 1 aliphatic heterocycles. The first-order chi connectivity index (χ1) is 9.84. The molecule has 0 saturated carbocycles. The van der Waals surface area contributed by atoms with E-state index >= 15 is 0 Å². The average Bonchev–Trinajstić information content (AvgIpc) is 2.41. The molecule has 1 heterocycles. The molecule has 0 bridgehead atoms. The number of hydrogen-bond donors (Lipinski definition) is 2. The summed E-state index contributed by atoms with van der Waals surface area (Å²) in [6, 6.07) is -0.631. The molecule has 4 atom stereocenters. The Bertz CT molecular complexity index is 522. The summed E-state index contributed by atoms with van der Waals surface area (Å²) in [4.78, 5) is 37.7. The molecule has 1 aliphatic rings. The van der Waals surface area contributed by atoms with Crippen molar-refractivity contribution in [1.29, 1.82) is 0 Å². The first-order valence-electron chi connectivity index (χ1n) is 6.37. The van der Waals surface area contributed by atoms with Crippen LogP contribution >= 0.6 is 0 Å². The summed E-state index contributed by atoms with van der Waals surface area (Å²) in [7, 11) is 0. The molecule has 8 heteroatoms. The lowest BCUT2D eigenvalue weighted by atomic mass is 9.76. The van der Waals surface area contributed by atoms with E-state index in [1.54, 1.807) is 0 Å². The molecule has 2 N–H and O–H groups in total. The first-order valence-corrected chi connectivity index (χ1v) is 6.37. The van der Waals surface area contributed by atoms with Crippen molar-refractivity contribution >= 4 is 23.4 Å². The fourth-order valence-electron chi connectivity index (χ4n) is 2.14. The molecule has 21 heavy (non-hydrogen) atoms. The zero-order valence-electron chi connectivity index (χ0n) is 11.8. The molecule has 1 unspecified atom stereocenters. The van der Waals surface area contributed by atoms with Gasteiger partial charge in [-0.15, -0.1) is 0 Å². The van der Waals surface area contributed by atoms with Gasteiger partial charge >= 0.3 is 11.7 Å². The van der Waals surface area contributed by atoms with E-state index in [9.17, 15) is 19.5 Å². The quantitative estimate of drug-likeness (QED) is 0.119. The number of nitrogens with one attached hydrogen (secondary N) is 1. The topological polar surface area (TPSA) is 129 Å². The van der Waals surface area contributed by atoms with Gasteiger partial charge in [-0.05, 0) is 6.92 Å². The third-order valence-electron chi connectivity index (χ3n) is 3.33. The minimum atomic E-state index is -1.08. The molecule has 0 radical (unpaired) electrons. The van der Waals surface area contributed by atoms with Crippen molar-refractivity contribution in [2.45, 2.75) is 26.0 Å². The number of Topliss-reactive ketones (excluding diaryl/α,β-unsaturated/α-hetero) is 1. The number of nitrogens with zero attached hydrogens (tertiary/aromatic N) is 2. The standard InChI is InChI=1S/C13H17N3O5/c1-4-5-21-13(20)10(16-14)11(18)6(2)9-8(7(3)17)12(19)15-9/h4,6-9,17H,1,5H2,2-3H3,(H,15,19)/t6?,7-,8-,9-/m1/s1. The minimum absolute atomic E-state index is 0.129. The highest BCUT2D eigenvalue weighted by Crippen LogP contribution is 2.26. The molecule has 1 saturated heterocycles. The van der Waals surface area contributed by atoms with Crippen molar-refractivity contribution in [1.82, 2.24) is 5.32 Å². The highest BCUT2D eigenvalue weighted by Gasteiger charge is 2.50. The lowest BCUT2D eigenvalue weighted by Crippen LogP contribution is -2.66. The number of amides is 1. The second-order valence-electron chi connectivity index (χ2n) is 4.79. The third kappa shape index (κ3) is 3.42. The molecule has 1 rings (SSSR count). The van der Waals surface area contributed by atoms with Crippen LogP contribution in [0.15, 0.2) is 12.7 Å². The number of aliphatic hydroxyl groups excluding tert-OH is 1. The fraction of sp³-hybridized carbons (Fsp3) is 0.538. The Balaban J connectivity index is 2.82. The number of β-lactam (4-membered cyclic amide) rings is 1. The maximum absolute atomic E-state index is 12.1. The maximum Gasteiger partial charge on any atom is 0.441 e. The van der Waals surface area contributed by atoms with E-state index in [0.717, 1.165) is 0 Å². The molecule has 0 aromatic heterocycles. The molecule has 8 nitrogen and oxygen atoms in total. The largest absolute Gasteiger partial charge is 0.453 e. The van der Waals surface area contributed by atoms with Crippen LogP contribution in [0.4, 0.5) is 0 Å². The van der Waals surface area contributed by atoms with Gasteiger partial charge in [-0.25, -0.2) is 4.79 Å². The van der Waals surface area contributed by atoms with Gasteiger partial charge < -0.3 is 20.7 Å². The zero-order valence-corrected chi connectivity index (χ0v) is 11.8. The van der Waals surface area contributed by atoms with Crippen LogP contribution in [-0.4, -0.2) is 52.0 Å². The lowest BCUT2D eigenvalue weighted by molar-refractivity contribution is -0.145. The van der Waals surface area contributed by atoms with Gasteiger partial charge in [0.05, 0.1) is 18.1 Å². The number of rotatable bonds is 7. The van der Waals surface area contributed by atoms with Gasteiger partial charge in [-0.2, -0.15) is 4.79 Å². The highest BCUT2D eigenvalue weighted by molar-refractivity contribution is 6.62. The number of carbonyl (C=O) groups is 3. The van der Waals surface area contributed by atoms with Gasteiger partial charge in [0, 0.05) is 5.92 Å². The van der Waals surface area contributed by atoms with Gasteiger partial charge in [0.15, 0.2) is 0 Å². The van der Waals surface area contributed by atoms with Crippen LogP contribution in [0, 0.1) is 11.8 Å². The zero-order chi connectivity index (χ0) is 16.2. The van der Waals surface area contributed by atoms with Gasteiger partial charge in [0.2, 0.25) is 5.91 Å². The van der Waals surface area contributed by atoms with Crippen LogP contribution in [0.1, 0.15) is 13.8 Å². The number of hydrogen-bond acceptors (Lipinski definition) is 5. The summed E-state index contributed by atoms with van der Waals surface area (Å²) in [6.07, 6.45) is 0.373. The van der Waals surface area contributed by atoms with Crippen LogP contribution in [0.3, 0.4) is 0 Å². The van der Waals surface area contributed by atoms with Crippen molar-refractivity contribution in [2.24, 2.45) is 11.8 Å². The molecule has 0 aromatic carbocycles. The van der Waals surface area contributed by atoms with Crippen LogP contribution < -0.4 is 5.32 Å². The summed E-state index contributed by atoms with van der Waals surface area (Å²) >= 11 is 0. The average molecular weight is 295 g/mol. The van der Waals surface area contributed by atoms with Crippen molar-refractivity contribution in [3.63, 3.8) is 0 Å². The van der Waals surface area contributed by atoms with Gasteiger partial charge in [0.1, 0.15) is 6.61 Å². The maximum atomic E-state index is 12.1. The van der Waals surface area contributed by atoms with E-state index in [1.165, 1.54) is 19.9 Å². The second-order valence-corrected chi connectivity index (χ2v) is 4.79. The Morgan fingerprint density at radius 3 is 2.62 bits per heavy atom. The first kappa shape index (κ1) is 16.7. The Morgan fingerprint density at radius 1 is 1.57 bits per heavy atom. The van der Waals surface area contributed by atoms with Crippen molar-refractivity contribution < 1.29 is 29.0 Å². The number of ketones is 1. The molecule has 0 aromatic rings. The van der Waals surface area contributed by atoms with E-state index in [1.807, 2.05) is 0 Å². The monoisotopic (exact) mass is 295 g/mol. The molecular formula is C13H17N3O5. The lowest BCUT2D eigenvalue weighted by Gasteiger charge is -2.40. The normalized spacial score (nSPS) is 22.9. The molecule has 0 aliphatic carbocycles. The van der Waals surface area contributed by atoms with E-state index in [-0.39, 0.29) is 12.5 Å². The predicted molar refractivity (Wildman–Crippen MR) is 71.1 cm³/mol. The van der Waals surface area contributed by atoms with E-state index in [2.05, 4.69) is 21.4 Å². The summed E-state index contributed by atoms with van der Waals surface area (Å²) in [5, 5.41) is 12.0. The van der Waals surface area contributed by atoms with Crippen molar-refractivity contribution in [3.05, 3.63) is 18.2 Å². The van der Waals surface area contributed by atoms with E-state index < -0.39 is 41.4 Å². The van der Waals surface area contributed by atoms with Crippen LogP contribution in [0.2, 0.25) is 0 Å². The number of carbonyl (C=O) groups excluding carboxylic acids is 3. The summed E-state index contributed by atoms with van der Waals surface area (Å²) in [5.74, 6) is -3.81. The van der Waals surface area contributed by atoms with E-state index in [0.29, 0.717) is 0 Å².